The van der Waals surface area contributed by atoms with Gasteiger partial charge in [0.15, 0.2) is 6.61 Å². The number of hydrogen-bond donors (Lipinski definition) is 3. The van der Waals surface area contributed by atoms with Crippen LogP contribution in [0.1, 0.15) is 43.5 Å². The molecule has 2 amide bonds. The normalized spacial score (nSPS) is 13.6. The van der Waals surface area contributed by atoms with Gasteiger partial charge in [-0.1, -0.05) is 13.8 Å². The number of benzene rings is 1. The molecule has 23 heavy (non-hydrogen) atoms. The van der Waals surface area contributed by atoms with E-state index in [0.29, 0.717) is 29.8 Å². The van der Waals surface area contributed by atoms with Gasteiger partial charge in [0.05, 0.1) is 17.6 Å². The van der Waals surface area contributed by atoms with Gasteiger partial charge in [-0.15, -0.1) is 0 Å². The van der Waals surface area contributed by atoms with Crippen molar-refractivity contribution in [3.63, 3.8) is 0 Å². The highest BCUT2D eigenvalue weighted by Crippen LogP contribution is 2.29. The molecule has 1 heterocycles. The minimum atomic E-state index is -0.953. The van der Waals surface area contributed by atoms with Crippen LogP contribution in [0.25, 0.3) is 0 Å². The molecule has 0 saturated heterocycles. The predicted molar refractivity (Wildman–Crippen MR) is 83.6 cm³/mol. The summed E-state index contributed by atoms with van der Waals surface area (Å²) in [6.07, 6.45) is 0.890. The molecule has 2 rings (SSSR count). The monoisotopic (exact) mass is 320 g/mol. The van der Waals surface area contributed by atoms with Crippen LogP contribution in [0.2, 0.25) is 0 Å². The van der Waals surface area contributed by atoms with Crippen LogP contribution in [-0.2, 0) is 9.59 Å². The van der Waals surface area contributed by atoms with Crippen LogP contribution in [0.3, 0.4) is 0 Å². The number of carbonyl (C=O) groups is 3. The molecule has 0 fully saturated rings. The summed E-state index contributed by atoms with van der Waals surface area (Å²) in [7, 11) is 0. The van der Waals surface area contributed by atoms with Gasteiger partial charge in [0.2, 0.25) is 0 Å². The molecule has 1 aromatic carbocycles. The van der Waals surface area contributed by atoms with Crippen molar-refractivity contribution in [2.45, 2.75) is 38.6 Å². The van der Waals surface area contributed by atoms with Crippen molar-refractivity contribution in [1.29, 1.82) is 0 Å². The zero-order valence-electron chi connectivity index (χ0n) is 13.1. The number of fused-ring (bicyclic) bond motifs is 1. The Bertz CT molecular complexity index is 637. The van der Waals surface area contributed by atoms with Crippen molar-refractivity contribution in [1.82, 2.24) is 5.32 Å². The Balaban J connectivity index is 2.19. The van der Waals surface area contributed by atoms with E-state index in [4.69, 9.17) is 9.84 Å². The number of hydrogen-bond acceptors (Lipinski definition) is 4. The fourth-order valence-electron chi connectivity index (χ4n) is 2.54. The molecule has 0 aliphatic carbocycles. The first kappa shape index (κ1) is 16.8. The summed E-state index contributed by atoms with van der Waals surface area (Å²) in [5.74, 6) is -1.13. The first-order valence-electron chi connectivity index (χ1n) is 7.50. The molecule has 7 heteroatoms. The molecule has 0 saturated carbocycles. The molecule has 0 atom stereocenters. The van der Waals surface area contributed by atoms with Crippen molar-refractivity contribution in [2.24, 2.45) is 0 Å². The fourth-order valence-corrected chi connectivity index (χ4v) is 2.54. The predicted octanol–water partition coefficient (Wildman–Crippen LogP) is 1.78. The van der Waals surface area contributed by atoms with E-state index in [-0.39, 0.29) is 24.8 Å². The highest BCUT2D eigenvalue weighted by atomic mass is 16.5. The fraction of sp³-hybridized carbons (Fsp3) is 0.438. The van der Waals surface area contributed by atoms with E-state index in [1.807, 2.05) is 13.8 Å². The lowest BCUT2D eigenvalue weighted by molar-refractivity contribution is -0.138. The van der Waals surface area contributed by atoms with E-state index in [9.17, 15) is 14.4 Å². The summed E-state index contributed by atoms with van der Waals surface area (Å²) in [6, 6.07) is 4.71. The largest absolute Gasteiger partial charge is 0.482 e. The Morgan fingerprint density at radius 1 is 1.35 bits per heavy atom. The van der Waals surface area contributed by atoms with Crippen molar-refractivity contribution in [3.8, 4) is 5.75 Å². The van der Waals surface area contributed by atoms with Crippen LogP contribution in [0.15, 0.2) is 18.2 Å². The second kappa shape index (κ2) is 6.68. The van der Waals surface area contributed by atoms with E-state index >= 15 is 0 Å². The number of carboxylic acid groups (broad SMARTS) is 1. The van der Waals surface area contributed by atoms with E-state index < -0.39 is 11.5 Å². The van der Waals surface area contributed by atoms with E-state index in [1.54, 1.807) is 18.2 Å². The van der Waals surface area contributed by atoms with E-state index in [2.05, 4.69) is 10.6 Å². The van der Waals surface area contributed by atoms with Crippen LogP contribution in [0, 0.1) is 0 Å². The molecular formula is C16H20N2O5. The standard InChI is InChI=1S/C16H20N2O5/c1-3-16(4-2,8-14(20)21)18-15(22)10-5-6-11-12(7-10)23-9-13(19)17-11/h5-7H,3-4,8-9H2,1-2H3,(H,17,19)(H,18,22)(H,20,21). The van der Waals surface area contributed by atoms with Gasteiger partial charge in [-0.3, -0.25) is 14.4 Å². The van der Waals surface area contributed by atoms with Gasteiger partial charge in [-0.2, -0.15) is 0 Å². The number of amides is 2. The van der Waals surface area contributed by atoms with Crippen LogP contribution in [-0.4, -0.2) is 35.0 Å². The first-order valence-corrected chi connectivity index (χ1v) is 7.50. The summed E-state index contributed by atoms with van der Waals surface area (Å²) < 4.78 is 5.29. The number of anilines is 1. The summed E-state index contributed by atoms with van der Waals surface area (Å²) >= 11 is 0. The third kappa shape index (κ3) is 3.80. The Morgan fingerprint density at radius 2 is 2.04 bits per heavy atom. The van der Waals surface area contributed by atoms with E-state index in [1.165, 1.54) is 0 Å². The molecule has 1 aliphatic rings. The minimum absolute atomic E-state index is 0.0923. The van der Waals surface area contributed by atoms with E-state index in [0.717, 1.165) is 0 Å². The van der Waals surface area contributed by atoms with Gasteiger partial charge in [-0.25, -0.2) is 0 Å². The number of aliphatic carboxylic acids is 1. The molecule has 1 aromatic rings. The molecule has 0 bridgehead atoms. The second-order valence-electron chi connectivity index (χ2n) is 5.56. The highest BCUT2D eigenvalue weighted by molar-refractivity contribution is 5.99. The number of carboxylic acids is 1. The molecule has 3 N–H and O–H groups in total. The smallest absolute Gasteiger partial charge is 0.305 e. The summed E-state index contributed by atoms with van der Waals surface area (Å²) in [4.78, 5) is 34.8. The third-order valence-corrected chi connectivity index (χ3v) is 4.10. The molecule has 0 aromatic heterocycles. The molecule has 124 valence electrons. The number of nitrogens with one attached hydrogen (secondary N) is 2. The summed E-state index contributed by atoms with van der Waals surface area (Å²) in [6.45, 7) is 3.60. The SMILES string of the molecule is CCC(CC)(CC(=O)O)NC(=O)c1ccc2c(c1)OCC(=O)N2. The maximum atomic E-state index is 12.5. The van der Waals surface area contributed by atoms with Crippen molar-refractivity contribution < 1.29 is 24.2 Å². The zero-order chi connectivity index (χ0) is 17.0. The highest BCUT2D eigenvalue weighted by Gasteiger charge is 2.31. The topological polar surface area (TPSA) is 105 Å². The van der Waals surface area contributed by atoms with Crippen LogP contribution < -0.4 is 15.4 Å². The minimum Gasteiger partial charge on any atom is -0.482 e. The lowest BCUT2D eigenvalue weighted by Crippen LogP contribution is -2.49. The summed E-state index contributed by atoms with van der Waals surface area (Å²) in [5.41, 5.74) is 0.0885. The molecule has 0 radical (unpaired) electrons. The van der Waals surface area contributed by atoms with Gasteiger partial charge >= 0.3 is 5.97 Å². The van der Waals surface area contributed by atoms with Gasteiger partial charge < -0.3 is 20.5 Å². The van der Waals surface area contributed by atoms with Crippen LogP contribution in [0.4, 0.5) is 5.69 Å². The first-order chi connectivity index (χ1) is 10.9. The second-order valence-corrected chi connectivity index (χ2v) is 5.56. The Kier molecular flexibility index (Phi) is 4.88. The average molecular weight is 320 g/mol. The lowest BCUT2D eigenvalue weighted by Gasteiger charge is -2.31. The Labute approximate surface area is 134 Å². The molecule has 1 aliphatic heterocycles. The Morgan fingerprint density at radius 3 is 2.65 bits per heavy atom. The average Bonchev–Trinajstić information content (AvgIpc) is 2.53. The molecule has 7 nitrogen and oxygen atoms in total. The maximum absolute atomic E-state index is 12.5. The Hall–Kier alpha value is -2.57. The molecule has 0 spiro atoms. The lowest BCUT2D eigenvalue weighted by atomic mass is 9.88. The van der Waals surface area contributed by atoms with Gasteiger partial charge in [0.1, 0.15) is 5.75 Å². The van der Waals surface area contributed by atoms with Crippen molar-refractivity contribution >= 4 is 23.5 Å². The summed E-state index contributed by atoms with van der Waals surface area (Å²) in [5, 5.41) is 14.5. The molecule has 0 unspecified atom stereocenters. The quantitative estimate of drug-likeness (QED) is 0.741. The van der Waals surface area contributed by atoms with Crippen LogP contribution in [0.5, 0.6) is 5.75 Å². The van der Waals surface area contributed by atoms with Gasteiger partial charge in [0, 0.05) is 5.56 Å². The third-order valence-electron chi connectivity index (χ3n) is 4.10. The van der Waals surface area contributed by atoms with Crippen molar-refractivity contribution in [2.75, 3.05) is 11.9 Å². The zero-order valence-corrected chi connectivity index (χ0v) is 13.1. The maximum Gasteiger partial charge on any atom is 0.305 e. The van der Waals surface area contributed by atoms with Gasteiger partial charge in [-0.05, 0) is 31.0 Å². The number of rotatable bonds is 6. The number of carbonyl (C=O) groups excluding carboxylic acids is 2. The van der Waals surface area contributed by atoms with Crippen molar-refractivity contribution in [3.05, 3.63) is 23.8 Å². The van der Waals surface area contributed by atoms with Crippen LogP contribution >= 0.6 is 0 Å². The number of ether oxygens (including phenoxy) is 1. The molecular weight excluding hydrogens is 300 g/mol. The van der Waals surface area contributed by atoms with Gasteiger partial charge in [0.25, 0.3) is 11.8 Å².